The van der Waals surface area contributed by atoms with E-state index in [0.29, 0.717) is 26.3 Å². The molecule has 3 rings (SSSR count). The number of aliphatic carboxylic acids is 1. The highest BCUT2D eigenvalue weighted by Crippen LogP contribution is 2.42. The summed E-state index contributed by atoms with van der Waals surface area (Å²) in [6, 6.07) is 0. The molecule has 0 unspecified atom stereocenters. The maximum absolute atomic E-state index is 11.6. The minimum atomic E-state index is -0.729. The van der Waals surface area contributed by atoms with Crippen LogP contribution in [-0.4, -0.2) is 52.5 Å². The third-order valence-electron chi connectivity index (χ3n) is 4.09. The lowest BCUT2D eigenvalue weighted by atomic mass is 9.76. The second kappa shape index (κ2) is 4.81. The van der Waals surface area contributed by atoms with Gasteiger partial charge in [0.2, 0.25) is 0 Å². The van der Waals surface area contributed by atoms with Crippen molar-refractivity contribution in [2.75, 3.05) is 26.3 Å². The lowest BCUT2D eigenvalue weighted by Gasteiger charge is -2.34. The van der Waals surface area contributed by atoms with E-state index in [1.54, 1.807) is 11.3 Å². The van der Waals surface area contributed by atoms with Crippen molar-refractivity contribution in [1.82, 2.24) is 15.1 Å². The van der Waals surface area contributed by atoms with Crippen LogP contribution in [-0.2, 0) is 16.1 Å². The van der Waals surface area contributed by atoms with Gasteiger partial charge in [0.1, 0.15) is 15.4 Å². The van der Waals surface area contributed by atoms with E-state index in [0.717, 1.165) is 23.0 Å². The molecule has 0 amide bonds. The summed E-state index contributed by atoms with van der Waals surface area (Å²) < 4.78 is 5.42. The first kappa shape index (κ1) is 13.0. The van der Waals surface area contributed by atoms with Crippen molar-refractivity contribution >= 4 is 17.3 Å². The van der Waals surface area contributed by atoms with Crippen molar-refractivity contribution in [3.05, 3.63) is 10.0 Å². The predicted octanol–water partition coefficient (Wildman–Crippen LogP) is 0.770. The SMILES string of the molecule is Cc1nnc(CN2C[C@@H]3CCOC[C@]3(C(=O)O)C2)s1. The molecule has 2 aliphatic heterocycles. The molecule has 1 N–H and O–H groups in total. The van der Waals surface area contributed by atoms with Gasteiger partial charge in [-0.15, -0.1) is 21.5 Å². The van der Waals surface area contributed by atoms with Crippen molar-refractivity contribution in [2.45, 2.75) is 19.9 Å². The Morgan fingerprint density at radius 1 is 1.63 bits per heavy atom. The third-order valence-corrected chi connectivity index (χ3v) is 4.91. The van der Waals surface area contributed by atoms with Gasteiger partial charge in [-0.25, -0.2) is 0 Å². The van der Waals surface area contributed by atoms with Gasteiger partial charge < -0.3 is 9.84 Å². The predicted molar refractivity (Wildman–Crippen MR) is 68.9 cm³/mol. The van der Waals surface area contributed by atoms with E-state index >= 15 is 0 Å². The number of carboxylic acid groups (broad SMARTS) is 1. The standard InChI is InChI=1S/C12H17N3O3S/c1-8-13-14-10(19-8)5-15-4-9-2-3-18-7-12(9,6-15)11(16)17/h9H,2-7H2,1H3,(H,16,17)/t9-,12+/m0/s1. The molecule has 0 radical (unpaired) electrons. The largest absolute Gasteiger partial charge is 0.481 e. The quantitative estimate of drug-likeness (QED) is 0.883. The second-order valence-electron chi connectivity index (χ2n) is 5.38. The molecular weight excluding hydrogens is 266 g/mol. The van der Waals surface area contributed by atoms with Gasteiger partial charge in [-0.05, 0) is 19.3 Å². The van der Waals surface area contributed by atoms with Gasteiger partial charge >= 0.3 is 5.97 Å². The van der Waals surface area contributed by atoms with E-state index in [4.69, 9.17) is 4.74 Å². The van der Waals surface area contributed by atoms with Crippen molar-refractivity contribution in [2.24, 2.45) is 11.3 Å². The molecule has 2 fully saturated rings. The maximum Gasteiger partial charge on any atom is 0.313 e. The van der Waals surface area contributed by atoms with Gasteiger partial charge in [0, 0.05) is 19.7 Å². The second-order valence-corrected chi connectivity index (χ2v) is 6.65. The van der Waals surface area contributed by atoms with Gasteiger partial charge in [0.05, 0.1) is 13.2 Å². The number of carbonyl (C=O) groups is 1. The number of aryl methyl sites for hydroxylation is 1. The number of ether oxygens (including phenoxy) is 1. The van der Waals surface area contributed by atoms with Crippen LogP contribution in [0.5, 0.6) is 0 Å². The van der Waals surface area contributed by atoms with Gasteiger partial charge in [-0.3, -0.25) is 9.69 Å². The highest BCUT2D eigenvalue weighted by molar-refractivity contribution is 7.11. The molecule has 2 atom stereocenters. The zero-order valence-electron chi connectivity index (χ0n) is 10.8. The van der Waals surface area contributed by atoms with E-state index < -0.39 is 11.4 Å². The molecule has 0 spiro atoms. The summed E-state index contributed by atoms with van der Waals surface area (Å²) in [6.45, 7) is 4.98. The highest BCUT2D eigenvalue weighted by Gasteiger charge is 2.54. The van der Waals surface area contributed by atoms with Crippen LogP contribution < -0.4 is 0 Å². The van der Waals surface area contributed by atoms with E-state index in [1.807, 2.05) is 6.92 Å². The monoisotopic (exact) mass is 283 g/mol. The number of likely N-dealkylation sites (tertiary alicyclic amines) is 1. The minimum Gasteiger partial charge on any atom is -0.481 e. The Morgan fingerprint density at radius 3 is 3.11 bits per heavy atom. The van der Waals surface area contributed by atoms with Crippen LogP contribution in [0.25, 0.3) is 0 Å². The van der Waals surface area contributed by atoms with Gasteiger partial charge in [0.15, 0.2) is 0 Å². The Balaban J connectivity index is 1.75. The third kappa shape index (κ3) is 2.26. The molecular formula is C12H17N3O3S. The summed E-state index contributed by atoms with van der Waals surface area (Å²) in [4.78, 5) is 13.8. The fourth-order valence-corrected chi connectivity index (χ4v) is 3.86. The summed E-state index contributed by atoms with van der Waals surface area (Å²) >= 11 is 1.57. The Labute approximate surface area is 115 Å². The average Bonchev–Trinajstić information content (AvgIpc) is 2.93. The average molecular weight is 283 g/mol. The molecule has 7 heteroatoms. The molecule has 1 aromatic heterocycles. The summed E-state index contributed by atoms with van der Waals surface area (Å²) in [6.07, 6.45) is 0.831. The number of hydrogen-bond acceptors (Lipinski definition) is 6. The molecule has 2 aliphatic rings. The lowest BCUT2D eigenvalue weighted by molar-refractivity contribution is -0.159. The smallest absolute Gasteiger partial charge is 0.313 e. The summed E-state index contributed by atoms with van der Waals surface area (Å²) in [5.41, 5.74) is -0.724. The molecule has 3 heterocycles. The minimum absolute atomic E-state index is 0.188. The van der Waals surface area contributed by atoms with E-state index in [1.165, 1.54) is 0 Å². The molecule has 0 aromatic carbocycles. The van der Waals surface area contributed by atoms with E-state index in [2.05, 4.69) is 15.1 Å². The topological polar surface area (TPSA) is 75.5 Å². The number of aromatic nitrogens is 2. The molecule has 0 aliphatic carbocycles. The maximum atomic E-state index is 11.6. The molecule has 0 saturated carbocycles. The van der Waals surface area contributed by atoms with Crippen LogP contribution >= 0.6 is 11.3 Å². The Hall–Kier alpha value is -1.05. The molecule has 104 valence electrons. The fourth-order valence-electron chi connectivity index (χ4n) is 3.11. The van der Waals surface area contributed by atoms with Crippen LogP contribution in [0, 0.1) is 18.3 Å². The van der Waals surface area contributed by atoms with Crippen LogP contribution in [0.4, 0.5) is 0 Å². The van der Waals surface area contributed by atoms with Crippen LogP contribution in [0.2, 0.25) is 0 Å². The zero-order chi connectivity index (χ0) is 13.5. The summed E-state index contributed by atoms with van der Waals surface area (Å²) in [7, 11) is 0. The Kier molecular flexibility index (Phi) is 3.28. The number of rotatable bonds is 3. The van der Waals surface area contributed by atoms with Crippen LogP contribution in [0.1, 0.15) is 16.4 Å². The van der Waals surface area contributed by atoms with E-state index in [9.17, 15) is 9.90 Å². The molecule has 2 saturated heterocycles. The number of carboxylic acids is 1. The van der Waals surface area contributed by atoms with Crippen molar-refractivity contribution in [3.8, 4) is 0 Å². The fraction of sp³-hybridized carbons (Fsp3) is 0.750. The number of hydrogen-bond donors (Lipinski definition) is 1. The normalized spacial score (nSPS) is 31.3. The molecule has 6 nitrogen and oxygen atoms in total. The van der Waals surface area contributed by atoms with Crippen molar-refractivity contribution < 1.29 is 14.6 Å². The summed E-state index contributed by atoms with van der Waals surface area (Å²) in [5.74, 6) is -0.541. The molecule has 19 heavy (non-hydrogen) atoms. The van der Waals surface area contributed by atoms with Gasteiger partial charge in [-0.1, -0.05) is 0 Å². The van der Waals surface area contributed by atoms with Crippen LogP contribution in [0.15, 0.2) is 0 Å². The first-order chi connectivity index (χ1) is 9.10. The first-order valence-corrected chi connectivity index (χ1v) is 7.24. The highest BCUT2D eigenvalue weighted by atomic mass is 32.1. The van der Waals surface area contributed by atoms with E-state index in [-0.39, 0.29) is 5.92 Å². The summed E-state index contributed by atoms with van der Waals surface area (Å²) in [5, 5.41) is 19.6. The van der Waals surface area contributed by atoms with Crippen LogP contribution in [0.3, 0.4) is 0 Å². The molecule has 1 aromatic rings. The van der Waals surface area contributed by atoms with Crippen molar-refractivity contribution in [3.63, 3.8) is 0 Å². The van der Waals surface area contributed by atoms with Crippen molar-refractivity contribution in [1.29, 1.82) is 0 Å². The first-order valence-electron chi connectivity index (χ1n) is 6.43. The van der Waals surface area contributed by atoms with Gasteiger partial charge in [0.25, 0.3) is 0 Å². The number of nitrogens with zero attached hydrogens (tertiary/aromatic N) is 3. The zero-order valence-corrected chi connectivity index (χ0v) is 11.7. The molecule has 0 bridgehead atoms. The Bertz CT molecular complexity index is 492. The number of fused-ring (bicyclic) bond motifs is 1. The lowest BCUT2D eigenvalue weighted by Crippen LogP contribution is -2.46. The van der Waals surface area contributed by atoms with Gasteiger partial charge in [-0.2, -0.15) is 0 Å². The Morgan fingerprint density at radius 2 is 2.47 bits per heavy atom.